The van der Waals surface area contributed by atoms with E-state index in [9.17, 15) is 22.7 Å². The van der Waals surface area contributed by atoms with E-state index in [1.807, 2.05) is 0 Å². The fourth-order valence-electron chi connectivity index (χ4n) is 2.32. The molecule has 132 valence electrons. The smallest absolute Gasteiger partial charge is 0.408 e. The SMILES string of the molecule is CC(O)(CNS(=O)(=O)c1ccc2[nH]c(=O)oc2c1)c1ccc(F)cc1. The van der Waals surface area contributed by atoms with Crippen molar-refractivity contribution in [1.29, 1.82) is 0 Å². The summed E-state index contributed by atoms with van der Waals surface area (Å²) in [4.78, 5) is 13.4. The Morgan fingerprint density at radius 2 is 1.92 bits per heavy atom. The third-order valence-corrected chi connectivity index (χ3v) is 5.17. The number of aromatic amines is 1. The van der Waals surface area contributed by atoms with E-state index < -0.39 is 27.2 Å². The Kier molecular flexibility index (Phi) is 4.23. The fraction of sp³-hybridized carbons (Fsp3) is 0.188. The minimum atomic E-state index is -3.95. The lowest BCUT2D eigenvalue weighted by Crippen LogP contribution is -2.38. The molecule has 0 fully saturated rings. The van der Waals surface area contributed by atoms with Crippen molar-refractivity contribution < 1.29 is 22.3 Å². The van der Waals surface area contributed by atoms with Crippen molar-refractivity contribution in [3.05, 3.63) is 64.4 Å². The molecule has 9 heteroatoms. The number of rotatable bonds is 5. The normalized spacial score (nSPS) is 14.5. The molecule has 0 radical (unpaired) electrons. The van der Waals surface area contributed by atoms with Gasteiger partial charge in [-0.3, -0.25) is 4.98 Å². The van der Waals surface area contributed by atoms with Crippen LogP contribution in [0.1, 0.15) is 12.5 Å². The maximum Gasteiger partial charge on any atom is 0.417 e. The molecule has 2 aromatic carbocycles. The number of aromatic nitrogens is 1. The molecule has 0 aliphatic heterocycles. The highest BCUT2D eigenvalue weighted by Crippen LogP contribution is 2.22. The molecular weight excluding hydrogens is 351 g/mol. The van der Waals surface area contributed by atoms with Crippen molar-refractivity contribution in [3.8, 4) is 0 Å². The van der Waals surface area contributed by atoms with E-state index in [4.69, 9.17) is 4.42 Å². The van der Waals surface area contributed by atoms with Crippen molar-refractivity contribution in [2.45, 2.75) is 17.4 Å². The van der Waals surface area contributed by atoms with Crippen LogP contribution in [0.4, 0.5) is 4.39 Å². The van der Waals surface area contributed by atoms with Crippen molar-refractivity contribution in [3.63, 3.8) is 0 Å². The Morgan fingerprint density at radius 3 is 2.60 bits per heavy atom. The van der Waals surface area contributed by atoms with Crippen LogP contribution in [-0.2, 0) is 15.6 Å². The third kappa shape index (κ3) is 3.63. The van der Waals surface area contributed by atoms with Crippen LogP contribution in [0.5, 0.6) is 0 Å². The molecule has 3 N–H and O–H groups in total. The molecule has 3 rings (SSSR count). The second kappa shape index (κ2) is 6.10. The van der Waals surface area contributed by atoms with E-state index >= 15 is 0 Å². The molecule has 1 atom stereocenters. The van der Waals surface area contributed by atoms with Crippen LogP contribution in [0.2, 0.25) is 0 Å². The summed E-state index contributed by atoms with van der Waals surface area (Å²) in [5, 5.41) is 10.4. The Balaban J connectivity index is 1.82. The summed E-state index contributed by atoms with van der Waals surface area (Å²) in [5.74, 6) is -1.14. The van der Waals surface area contributed by atoms with E-state index in [0.29, 0.717) is 11.1 Å². The largest absolute Gasteiger partial charge is 0.417 e. The predicted octanol–water partition coefficient (Wildman–Crippen LogP) is 1.45. The van der Waals surface area contributed by atoms with Gasteiger partial charge in [0.2, 0.25) is 10.0 Å². The molecule has 1 unspecified atom stereocenters. The minimum Gasteiger partial charge on any atom is -0.408 e. The number of fused-ring (bicyclic) bond motifs is 1. The van der Waals surface area contributed by atoms with Gasteiger partial charge in [-0.25, -0.2) is 22.3 Å². The second-order valence-corrected chi connectivity index (χ2v) is 7.54. The van der Waals surface area contributed by atoms with Gasteiger partial charge in [0.25, 0.3) is 0 Å². The lowest BCUT2D eigenvalue weighted by Gasteiger charge is -2.24. The molecule has 0 saturated carbocycles. The van der Waals surface area contributed by atoms with E-state index in [2.05, 4.69) is 9.71 Å². The van der Waals surface area contributed by atoms with Crippen molar-refractivity contribution in [2.75, 3.05) is 6.54 Å². The van der Waals surface area contributed by atoms with E-state index in [0.717, 1.165) is 0 Å². The average molecular weight is 366 g/mol. The van der Waals surface area contributed by atoms with Crippen LogP contribution >= 0.6 is 0 Å². The summed E-state index contributed by atoms with van der Waals surface area (Å²) in [6, 6.07) is 9.05. The number of sulfonamides is 1. The van der Waals surface area contributed by atoms with E-state index in [1.165, 1.54) is 49.4 Å². The molecule has 25 heavy (non-hydrogen) atoms. The summed E-state index contributed by atoms with van der Waals surface area (Å²) < 4.78 is 44.9. The minimum absolute atomic E-state index is 0.109. The van der Waals surface area contributed by atoms with Crippen molar-refractivity contribution in [1.82, 2.24) is 9.71 Å². The van der Waals surface area contributed by atoms with Gasteiger partial charge in [0.05, 0.1) is 10.4 Å². The third-order valence-electron chi connectivity index (χ3n) is 3.78. The van der Waals surface area contributed by atoms with Gasteiger partial charge >= 0.3 is 5.76 Å². The predicted molar refractivity (Wildman–Crippen MR) is 88.0 cm³/mol. The second-order valence-electron chi connectivity index (χ2n) is 5.78. The van der Waals surface area contributed by atoms with Gasteiger partial charge in [0.1, 0.15) is 11.4 Å². The van der Waals surface area contributed by atoms with E-state index in [-0.39, 0.29) is 17.0 Å². The first-order valence-corrected chi connectivity index (χ1v) is 8.77. The molecule has 0 amide bonds. The number of halogens is 1. The van der Waals surface area contributed by atoms with Gasteiger partial charge in [-0.2, -0.15) is 0 Å². The molecule has 1 heterocycles. The van der Waals surface area contributed by atoms with E-state index in [1.54, 1.807) is 0 Å². The number of H-pyrrole nitrogens is 1. The Bertz CT molecular complexity index is 1070. The molecule has 0 aliphatic rings. The maximum atomic E-state index is 13.0. The quantitative estimate of drug-likeness (QED) is 0.633. The number of hydrogen-bond donors (Lipinski definition) is 3. The van der Waals surface area contributed by atoms with Gasteiger partial charge in [-0.05, 0) is 36.8 Å². The Morgan fingerprint density at radius 1 is 1.24 bits per heavy atom. The molecule has 0 spiro atoms. The number of oxazole rings is 1. The van der Waals surface area contributed by atoms with Gasteiger partial charge in [-0.1, -0.05) is 12.1 Å². The lowest BCUT2D eigenvalue weighted by molar-refractivity contribution is 0.0627. The molecule has 7 nitrogen and oxygen atoms in total. The van der Waals surface area contributed by atoms with Crippen LogP contribution in [0.15, 0.2) is 56.6 Å². The zero-order chi connectivity index (χ0) is 18.2. The monoisotopic (exact) mass is 366 g/mol. The zero-order valence-electron chi connectivity index (χ0n) is 13.1. The highest BCUT2D eigenvalue weighted by atomic mass is 32.2. The maximum absolute atomic E-state index is 13.0. The molecule has 0 saturated heterocycles. The first kappa shape index (κ1) is 17.3. The number of aliphatic hydroxyl groups is 1. The van der Waals surface area contributed by atoms with Gasteiger partial charge in [0.15, 0.2) is 5.58 Å². The summed E-state index contributed by atoms with van der Waals surface area (Å²) in [7, 11) is -3.95. The lowest BCUT2D eigenvalue weighted by atomic mass is 9.96. The number of benzene rings is 2. The Hall–Kier alpha value is -2.49. The Labute approximate surface area is 142 Å². The van der Waals surface area contributed by atoms with Crippen molar-refractivity contribution in [2.24, 2.45) is 0 Å². The van der Waals surface area contributed by atoms with Crippen LogP contribution in [0.25, 0.3) is 11.1 Å². The summed E-state index contributed by atoms with van der Waals surface area (Å²) in [6.45, 7) is 1.09. The summed E-state index contributed by atoms with van der Waals surface area (Å²) in [6.07, 6.45) is 0. The van der Waals surface area contributed by atoms with Gasteiger partial charge < -0.3 is 9.52 Å². The molecule has 1 aromatic heterocycles. The first-order chi connectivity index (χ1) is 11.7. The van der Waals surface area contributed by atoms with Gasteiger partial charge in [0, 0.05) is 12.6 Å². The average Bonchev–Trinajstić information content (AvgIpc) is 2.93. The van der Waals surface area contributed by atoms with Crippen LogP contribution in [0.3, 0.4) is 0 Å². The molecular formula is C16H15FN2O5S. The van der Waals surface area contributed by atoms with Crippen LogP contribution < -0.4 is 10.5 Å². The molecule has 3 aromatic rings. The zero-order valence-corrected chi connectivity index (χ0v) is 13.9. The summed E-state index contributed by atoms with van der Waals surface area (Å²) in [5.41, 5.74) is -0.685. The van der Waals surface area contributed by atoms with Crippen LogP contribution in [0, 0.1) is 5.82 Å². The number of hydrogen-bond acceptors (Lipinski definition) is 5. The van der Waals surface area contributed by atoms with Crippen molar-refractivity contribution >= 4 is 21.1 Å². The fourth-order valence-corrected chi connectivity index (χ4v) is 3.47. The standard InChI is InChI=1S/C16H15FN2O5S/c1-16(21,10-2-4-11(17)5-3-10)9-18-25(22,23)12-6-7-13-14(8-12)24-15(20)19-13/h2-8,18,21H,9H2,1H3,(H,19,20). The topological polar surface area (TPSA) is 112 Å². The molecule has 0 bridgehead atoms. The van der Waals surface area contributed by atoms with Crippen LogP contribution in [-0.4, -0.2) is 25.1 Å². The molecule has 0 aliphatic carbocycles. The van der Waals surface area contributed by atoms with Gasteiger partial charge in [-0.15, -0.1) is 0 Å². The highest BCUT2D eigenvalue weighted by Gasteiger charge is 2.26. The summed E-state index contributed by atoms with van der Waals surface area (Å²) >= 11 is 0. The number of nitrogens with one attached hydrogen (secondary N) is 2. The highest BCUT2D eigenvalue weighted by molar-refractivity contribution is 7.89. The first-order valence-electron chi connectivity index (χ1n) is 7.28.